The van der Waals surface area contributed by atoms with Crippen molar-refractivity contribution in [3.8, 4) is 0 Å². The summed E-state index contributed by atoms with van der Waals surface area (Å²) >= 11 is 0. The summed E-state index contributed by atoms with van der Waals surface area (Å²) in [5.74, 6) is 0. The summed E-state index contributed by atoms with van der Waals surface area (Å²) in [6, 6.07) is 0. The van der Waals surface area contributed by atoms with Gasteiger partial charge in [-0.3, -0.25) is 0 Å². The number of rotatable bonds is 0. The average molecular weight is 205 g/mol. The van der Waals surface area contributed by atoms with Crippen LogP contribution in [0.4, 0.5) is 0 Å². The smallest absolute Gasteiger partial charge is 1.00 e. The summed E-state index contributed by atoms with van der Waals surface area (Å²) in [5.41, 5.74) is 0. The molecule has 11 heavy (non-hydrogen) atoms. The van der Waals surface area contributed by atoms with Crippen LogP contribution in [0.25, 0.3) is 0 Å². The summed E-state index contributed by atoms with van der Waals surface area (Å²) in [4.78, 5) is 34.3. The molecule has 0 aromatic rings. The van der Waals surface area contributed by atoms with Gasteiger partial charge in [-0.2, -0.15) is 0 Å². The quantitative estimate of drug-likeness (QED) is 0.359. The van der Waals surface area contributed by atoms with Gasteiger partial charge in [0, 0.05) is 0 Å². The number of hydrogen-bond donors (Lipinski definition) is 0. The van der Waals surface area contributed by atoms with Gasteiger partial charge in [-0.05, 0) is 0 Å². The SMILES string of the molecule is O.[Al+3].[Be+2].[F-].[Na+].[O-][Si]([O-])([O-])[O-].[OH-]. The van der Waals surface area contributed by atoms with E-state index in [1.807, 2.05) is 0 Å². The molecule has 0 aliphatic rings. The summed E-state index contributed by atoms with van der Waals surface area (Å²) in [5, 5.41) is 0. The normalized spacial score (nSPS) is 5.45. The first kappa shape index (κ1) is 54.0. The van der Waals surface area contributed by atoms with Crippen molar-refractivity contribution >= 4 is 36.5 Å². The molecule has 0 atom stereocenters. The minimum atomic E-state index is -5.61. The molecule has 0 rings (SSSR count). The van der Waals surface area contributed by atoms with Gasteiger partial charge in [0.1, 0.15) is 0 Å². The second kappa shape index (κ2) is 22.6. The zero-order valence-electron chi connectivity index (χ0n) is 5.74. The molecule has 0 saturated carbocycles. The van der Waals surface area contributed by atoms with E-state index < -0.39 is 9.05 Å². The molecule has 0 amide bonds. The molecular formula is H3AlBeFNaO6Si. The number of hydrogen-bond acceptors (Lipinski definition) is 5. The monoisotopic (exact) mass is 205 g/mol. The molecule has 0 heterocycles. The maximum atomic E-state index is 8.58. The molecule has 6 nitrogen and oxygen atoms in total. The van der Waals surface area contributed by atoms with E-state index in [0.717, 1.165) is 0 Å². The van der Waals surface area contributed by atoms with Crippen LogP contribution in [0.2, 0.25) is 0 Å². The third kappa shape index (κ3) is 414. The summed E-state index contributed by atoms with van der Waals surface area (Å²) in [7, 11) is -5.61. The second-order valence-electron chi connectivity index (χ2n) is 0.500. The molecule has 0 bridgehead atoms. The molecule has 11 heteroatoms. The van der Waals surface area contributed by atoms with Crippen LogP contribution in [-0.2, 0) is 0 Å². The van der Waals surface area contributed by atoms with Crippen molar-refractivity contribution in [3.63, 3.8) is 0 Å². The molecule has 0 aliphatic heterocycles. The van der Waals surface area contributed by atoms with Gasteiger partial charge in [0.15, 0.2) is 0 Å². The Bertz CT molecular complexity index is 38.1. The summed E-state index contributed by atoms with van der Waals surface area (Å²) in [6.07, 6.45) is 0. The van der Waals surface area contributed by atoms with E-state index in [1.54, 1.807) is 0 Å². The predicted molar refractivity (Wildman–Crippen MR) is 22.8 cm³/mol. The molecule has 0 radical (unpaired) electrons. The molecule has 0 aromatic carbocycles. The van der Waals surface area contributed by atoms with E-state index in [0.29, 0.717) is 0 Å². The predicted octanol–water partition coefficient (Wildman–Crippen LogP) is -12.9. The molecular weight excluding hydrogens is 202 g/mol. The van der Waals surface area contributed by atoms with Crippen molar-refractivity contribution in [3.05, 3.63) is 0 Å². The molecule has 3 N–H and O–H groups in total. The molecule has 0 spiro atoms. The first-order valence-corrected chi connectivity index (χ1v) is 2.45. The van der Waals surface area contributed by atoms with Gasteiger partial charge < -0.3 is 43.9 Å². The van der Waals surface area contributed by atoms with Crippen molar-refractivity contribution in [1.82, 2.24) is 0 Å². The Balaban J connectivity index is -0.00000000533. The molecule has 56 valence electrons. The van der Waals surface area contributed by atoms with E-state index >= 15 is 0 Å². The molecule has 0 fully saturated rings. The second-order valence-corrected chi connectivity index (χ2v) is 1.50. The summed E-state index contributed by atoms with van der Waals surface area (Å²) in [6.45, 7) is 0. The fraction of sp³-hybridized carbons (Fsp3) is 0. The first-order chi connectivity index (χ1) is 2.00. The van der Waals surface area contributed by atoms with Gasteiger partial charge in [0.2, 0.25) is 0 Å². The van der Waals surface area contributed by atoms with E-state index in [1.165, 1.54) is 0 Å². The van der Waals surface area contributed by atoms with Gasteiger partial charge in [0.25, 0.3) is 0 Å². The van der Waals surface area contributed by atoms with Crippen LogP contribution in [0.3, 0.4) is 0 Å². The van der Waals surface area contributed by atoms with Crippen LogP contribution >= 0.6 is 0 Å². The average Bonchev–Trinajstić information content (AvgIpc) is 0.722. The third-order valence-electron chi connectivity index (χ3n) is 0. The maximum absolute atomic E-state index is 8.58. The van der Waals surface area contributed by atoms with Crippen molar-refractivity contribution in [2.75, 3.05) is 0 Å². The summed E-state index contributed by atoms with van der Waals surface area (Å²) < 4.78 is 0. The van der Waals surface area contributed by atoms with E-state index in [2.05, 4.69) is 0 Å². The van der Waals surface area contributed by atoms with Crippen LogP contribution in [-0.4, -0.2) is 47.5 Å². The molecule has 0 aromatic heterocycles. The Labute approximate surface area is 100 Å². The van der Waals surface area contributed by atoms with Crippen LogP contribution in [0.15, 0.2) is 0 Å². The fourth-order valence-electron chi connectivity index (χ4n) is 0. The van der Waals surface area contributed by atoms with E-state index in [9.17, 15) is 0 Å². The first-order valence-electron chi connectivity index (χ1n) is 0.816. The minimum absolute atomic E-state index is 0. The van der Waals surface area contributed by atoms with Crippen LogP contribution in [0.5, 0.6) is 0 Å². The van der Waals surface area contributed by atoms with E-state index in [-0.39, 0.29) is 72.7 Å². The Morgan fingerprint density at radius 2 is 0.909 bits per heavy atom. The van der Waals surface area contributed by atoms with Crippen molar-refractivity contribution in [2.45, 2.75) is 0 Å². The van der Waals surface area contributed by atoms with Gasteiger partial charge in [0.05, 0.1) is 0 Å². The topological polar surface area (TPSA) is 154 Å². The largest absolute Gasteiger partial charge is 3.00 e. The zero-order valence-corrected chi connectivity index (χ0v) is 9.90. The maximum Gasteiger partial charge on any atom is 3.00 e. The van der Waals surface area contributed by atoms with Gasteiger partial charge in [-0.25, -0.2) is 0 Å². The molecule has 0 saturated heterocycles. The van der Waals surface area contributed by atoms with Crippen molar-refractivity contribution in [1.29, 1.82) is 0 Å². The van der Waals surface area contributed by atoms with E-state index in [4.69, 9.17) is 19.2 Å². The van der Waals surface area contributed by atoms with Crippen LogP contribution in [0.1, 0.15) is 0 Å². The zero-order chi connectivity index (χ0) is 4.50. The molecule has 0 unspecified atom stereocenters. The third-order valence-corrected chi connectivity index (χ3v) is 0. The van der Waals surface area contributed by atoms with Crippen LogP contribution < -0.4 is 53.4 Å². The Morgan fingerprint density at radius 1 is 0.909 bits per heavy atom. The Morgan fingerprint density at radius 3 is 0.909 bits per heavy atom. The Hall–Kier alpha value is 1.61. The van der Waals surface area contributed by atoms with Gasteiger partial charge in [-0.1, -0.05) is 0 Å². The van der Waals surface area contributed by atoms with Gasteiger partial charge in [-0.15, -0.1) is 0 Å². The number of halogens is 1. The van der Waals surface area contributed by atoms with Gasteiger partial charge >= 0.3 is 57.0 Å². The standard InChI is InChI=1S/Al.Be.FH.Na.O4Si.2H2O/c;;;;1-5(2,3)4;;/h;;1H;;;2*1H2/q+3;+2;;+1;-4;;/p-2. The van der Waals surface area contributed by atoms with Crippen molar-refractivity contribution in [2.24, 2.45) is 0 Å². The Kier molecular flexibility index (Phi) is 111. The van der Waals surface area contributed by atoms with Crippen molar-refractivity contribution < 1.29 is 64.4 Å². The van der Waals surface area contributed by atoms with Crippen LogP contribution in [0, 0.1) is 0 Å². The molecule has 0 aliphatic carbocycles. The minimum Gasteiger partial charge on any atom is -1.00 e. The fourth-order valence-corrected chi connectivity index (χ4v) is 0.